The number of nitrogens with one attached hydrogen (secondary N) is 2. The van der Waals surface area contributed by atoms with E-state index in [0.717, 1.165) is 66.3 Å². The van der Waals surface area contributed by atoms with Gasteiger partial charge >= 0.3 is 0 Å². The summed E-state index contributed by atoms with van der Waals surface area (Å²) in [6.07, 6.45) is 5.53. The predicted octanol–water partition coefficient (Wildman–Crippen LogP) is 4.72. The van der Waals surface area contributed by atoms with Crippen molar-refractivity contribution in [2.45, 2.75) is 89.1 Å². The Kier molecular flexibility index (Phi) is 5.99. The topological polar surface area (TPSA) is 106 Å². The van der Waals surface area contributed by atoms with E-state index in [2.05, 4.69) is 27.3 Å². The lowest BCUT2D eigenvalue weighted by molar-refractivity contribution is -0.214. The highest BCUT2D eigenvalue weighted by atomic mass is 19.1. The van der Waals surface area contributed by atoms with Crippen LogP contribution >= 0.6 is 0 Å². The van der Waals surface area contributed by atoms with Crippen LogP contribution in [0.25, 0.3) is 28.1 Å². The molecule has 4 aliphatic carbocycles. The van der Waals surface area contributed by atoms with Crippen molar-refractivity contribution in [3.8, 4) is 17.3 Å². The molecule has 4 aromatic heterocycles. The molecule has 2 amide bonds. The number of rotatable bonds is 8. The lowest BCUT2D eigenvalue weighted by atomic mass is 9.42. The zero-order valence-corrected chi connectivity index (χ0v) is 26.6. The van der Waals surface area contributed by atoms with E-state index >= 15 is 0 Å². The molecular formula is C35H40FN7O3. The average Bonchev–Trinajstić information content (AvgIpc) is 3.71. The van der Waals surface area contributed by atoms with Gasteiger partial charge in [-0.2, -0.15) is 0 Å². The van der Waals surface area contributed by atoms with Crippen molar-refractivity contribution in [1.29, 1.82) is 0 Å². The maximum atomic E-state index is 14.1. The number of methoxy groups -OCH3 is 1. The van der Waals surface area contributed by atoms with E-state index in [1.807, 2.05) is 41.3 Å². The molecule has 3 aliphatic heterocycles. The molecule has 4 aromatic rings. The number of piperidine rings is 2. The Bertz CT molecular complexity index is 1920. The van der Waals surface area contributed by atoms with E-state index in [0.29, 0.717) is 48.3 Å². The van der Waals surface area contributed by atoms with Crippen LogP contribution in [-0.4, -0.2) is 73.6 Å². The van der Waals surface area contributed by atoms with Gasteiger partial charge in [-0.3, -0.25) is 14.0 Å². The molecule has 4 saturated carbocycles. The third kappa shape index (κ3) is 4.23. The lowest BCUT2D eigenvalue weighted by Gasteiger charge is -2.64. The fourth-order valence-corrected chi connectivity index (χ4v) is 8.57. The Hall–Kier alpha value is -3.99. The van der Waals surface area contributed by atoms with Crippen molar-refractivity contribution in [2.75, 3.05) is 20.2 Å². The first-order valence-corrected chi connectivity index (χ1v) is 16.8. The summed E-state index contributed by atoms with van der Waals surface area (Å²) in [5.41, 5.74) is 4.00. The highest BCUT2D eigenvalue weighted by molar-refractivity contribution is 5.96. The molecule has 240 valence electrons. The van der Waals surface area contributed by atoms with Crippen LogP contribution in [0.1, 0.15) is 79.7 Å². The second-order valence-corrected chi connectivity index (χ2v) is 14.7. The van der Waals surface area contributed by atoms with Crippen LogP contribution in [-0.2, 0) is 11.3 Å². The van der Waals surface area contributed by atoms with Gasteiger partial charge in [-0.25, -0.2) is 14.4 Å². The van der Waals surface area contributed by atoms with Crippen molar-refractivity contribution >= 4 is 28.5 Å². The first kappa shape index (κ1) is 28.3. The maximum absolute atomic E-state index is 14.1. The summed E-state index contributed by atoms with van der Waals surface area (Å²) >= 11 is 0. The summed E-state index contributed by atoms with van der Waals surface area (Å²) in [4.78, 5) is 39.0. The molecule has 3 atom stereocenters. The lowest BCUT2D eigenvalue weighted by Crippen LogP contribution is -2.70. The summed E-state index contributed by atoms with van der Waals surface area (Å²) < 4.78 is 24.2. The molecule has 11 rings (SSSR count). The van der Waals surface area contributed by atoms with Gasteiger partial charge < -0.3 is 24.8 Å². The number of aromatic nitrogens is 4. The number of pyridine rings is 2. The minimum Gasteiger partial charge on any atom is -0.482 e. The molecule has 0 radical (unpaired) electrons. The molecule has 46 heavy (non-hydrogen) atoms. The molecule has 7 heterocycles. The third-order valence-electron chi connectivity index (χ3n) is 11.4. The number of nitrogens with zero attached hydrogens (tertiary/aromatic N) is 5. The number of halogens is 1. The number of piperazine rings is 1. The van der Waals surface area contributed by atoms with Gasteiger partial charge in [-0.1, -0.05) is 0 Å². The quantitative estimate of drug-likeness (QED) is 0.294. The minimum atomic E-state index is -1.11. The number of hydrogen-bond donors (Lipinski definition) is 2. The largest absolute Gasteiger partial charge is 0.482 e. The van der Waals surface area contributed by atoms with Gasteiger partial charge in [0.05, 0.1) is 35.6 Å². The zero-order valence-electron chi connectivity index (χ0n) is 26.6. The number of hydrogen-bond acceptors (Lipinski definition) is 6. The van der Waals surface area contributed by atoms with Gasteiger partial charge in [0, 0.05) is 48.7 Å². The first-order valence-electron chi connectivity index (χ1n) is 16.8. The molecule has 2 N–H and O–H groups in total. The van der Waals surface area contributed by atoms with Gasteiger partial charge in [0.2, 0.25) is 5.91 Å². The van der Waals surface area contributed by atoms with Crippen molar-refractivity contribution in [2.24, 2.45) is 11.3 Å². The Morgan fingerprint density at radius 1 is 1.13 bits per heavy atom. The van der Waals surface area contributed by atoms with Crippen molar-refractivity contribution in [3.05, 3.63) is 47.3 Å². The van der Waals surface area contributed by atoms with Gasteiger partial charge in [-0.15, -0.1) is 0 Å². The monoisotopic (exact) mass is 625 g/mol. The van der Waals surface area contributed by atoms with E-state index in [1.165, 1.54) is 12.8 Å². The summed E-state index contributed by atoms with van der Waals surface area (Å²) in [5.74, 6) is 1.12. The third-order valence-corrected chi connectivity index (χ3v) is 11.4. The molecule has 10 nitrogen and oxygen atoms in total. The number of alkyl halides is 1. The van der Waals surface area contributed by atoms with Gasteiger partial charge in [0.25, 0.3) is 5.91 Å². The van der Waals surface area contributed by atoms with Crippen LogP contribution in [0.4, 0.5) is 4.39 Å². The van der Waals surface area contributed by atoms with Crippen LogP contribution in [0.15, 0.2) is 30.3 Å². The molecular weight excluding hydrogens is 585 g/mol. The minimum absolute atomic E-state index is 0.0261. The van der Waals surface area contributed by atoms with Crippen LogP contribution < -0.4 is 15.4 Å². The highest BCUT2D eigenvalue weighted by Gasteiger charge is 2.72. The van der Waals surface area contributed by atoms with Crippen molar-refractivity contribution < 1.29 is 18.7 Å². The fourth-order valence-electron chi connectivity index (χ4n) is 8.57. The first-order chi connectivity index (χ1) is 22.1. The van der Waals surface area contributed by atoms with E-state index in [4.69, 9.17) is 14.7 Å². The van der Waals surface area contributed by atoms with E-state index in [-0.39, 0.29) is 23.9 Å². The fraction of sp³-hybridized carbons (Fsp3) is 0.543. The van der Waals surface area contributed by atoms with Crippen LogP contribution in [0.2, 0.25) is 0 Å². The summed E-state index contributed by atoms with van der Waals surface area (Å²) in [6.45, 7) is 6.39. The summed E-state index contributed by atoms with van der Waals surface area (Å²) in [7, 11) is 1.63. The Labute approximate surface area is 266 Å². The number of carbonyl (C=O) groups excluding carboxylic acids is 2. The van der Waals surface area contributed by atoms with Gasteiger partial charge in [0.15, 0.2) is 5.88 Å². The highest BCUT2D eigenvalue weighted by Crippen LogP contribution is 2.69. The Morgan fingerprint density at radius 3 is 2.59 bits per heavy atom. The predicted molar refractivity (Wildman–Crippen MR) is 170 cm³/mol. The second-order valence-electron chi connectivity index (χ2n) is 14.7. The van der Waals surface area contributed by atoms with Gasteiger partial charge in [0.1, 0.15) is 22.7 Å². The maximum Gasteiger partial charge on any atom is 0.254 e. The normalized spacial score (nSPS) is 28.7. The standard InChI is InChI=1S/C35H40FN7O3/c1-19(38-33(45)34-16-35(36,17-34)18-34)26-9-6-22-10-27(42(31(22)39-26)14-21-4-5-21)30-20(2)43-28(40-30)11-23(12-29(43)46-3)32(44)41-15-24-7-8-25(41)13-37-24/h6,9-12,19,21,24-25,37H,4-5,7-8,13-18H2,1-3H3,(H,38,45)/t19-,24+,25+,34?,35?/m1/s1. The van der Waals surface area contributed by atoms with Gasteiger partial charge in [-0.05, 0) is 89.0 Å². The van der Waals surface area contributed by atoms with Crippen LogP contribution in [0.3, 0.4) is 0 Å². The number of imidazole rings is 1. The zero-order chi connectivity index (χ0) is 31.5. The molecule has 7 fully saturated rings. The Morgan fingerprint density at radius 2 is 1.93 bits per heavy atom. The number of carbonyl (C=O) groups is 2. The number of ether oxygens (including phenoxy) is 1. The van der Waals surface area contributed by atoms with Crippen LogP contribution in [0, 0.1) is 18.3 Å². The molecule has 11 heteroatoms. The Balaban J connectivity index is 1.08. The molecule has 0 spiro atoms. The summed E-state index contributed by atoms with van der Waals surface area (Å²) in [6, 6.07) is 10.2. The molecule has 0 aromatic carbocycles. The number of fused-ring (bicyclic) bond motifs is 5. The van der Waals surface area contributed by atoms with E-state index in [9.17, 15) is 14.0 Å². The van der Waals surface area contributed by atoms with E-state index in [1.54, 1.807) is 7.11 Å². The number of aryl methyl sites for hydroxylation is 1. The van der Waals surface area contributed by atoms with Crippen molar-refractivity contribution in [1.82, 2.24) is 34.5 Å². The second kappa shape index (κ2) is 9.76. The van der Waals surface area contributed by atoms with Crippen LogP contribution in [0.5, 0.6) is 5.88 Å². The molecule has 0 unspecified atom stereocenters. The smallest absolute Gasteiger partial charge is 0.254 e. The summed E-state index contributed by atoms with van der Waals surface area (Å²) in [5, 5.41) is 7.65. The SMILES string of the molecule is COc1cc(C(=O)N2C[C@@H]3CC[C@H]2CN3)cc2nc(-c3cc4ccc([C@@H](C)NC(=O)C56CC(F)(C5)C6)nc4n3CC3CC3)c(C)n12. The molecule has 4 bridgehead atoms. The average molecular weight is 626 g/mol. The molecule has 7 aliphatic rings. The van der Waals surface area contributed by atoms with Crippen molar-refractivity contribution in [3.63, 3.8) is 0 Å². The van der Waals surface area contributed by atoms with E-state index < -0.39 is 11.1 Å². The molecule has 3 saturated heterocycles. The number of amides is 2.